The summed E-state index contributed by atoms with van der Waals surface area (Å²) in [5.74, 6) is 0.598. The molecule has 0 aliphatic carbocycles. The van der Waals surface area contributed by atoms with Crippen LogP contribution in [-0.2, 0) is 9.59 Å². The average molecular weight is 397 g/mol. The quantitative estimate of drug-likeness (QED) is 0.208. The van der Waals surface area contributed by atoms with Gasteiger partial charge in [-0.15, -0.1) is 0 Å². The van der Waals surface area contributed by atoms with Gasteiger partial charge in [-0.05, 0) is 18.8 Å². The molecule has 28 heavy (non-hydrogen) atoms. The van der Waals surface area contributed by atoms with Crippen molar-refractivity contribution in [3.63, 3.8) is 0 Å². The Morgan fingerprint density at radius 1 is 0.536 bits per heavy atom. The molecule has 0 heterocycles. The fourth-order valence-electron chi connectivity index (χ4n) is 4.07. The van der Waals surface area contributed by atoms with Gasteiger partial charge in [0.2, 0.25) is 11.8 Å². The smallest absolute Gasteiger partial charge is 0.217 e. The summed E-state index contributed by atoms with van der Waals surface area (Å²) in [5.41, 5.74) is 10.3. The van der Waals surface area contributed by atoms with Gasteiger partial charge in [-0.2, -0.15) is 0 Å². The van der Waals surface area contributed by atoms with Gasteiger partial charge >= 0.3 is 0 Å². The highest BCUT2D eigenvalue weighted by Crippen LogP contribution is 2.23. The summed E-state index contributed by atoms with van der Waals surface area (Å²) in [5, 5.41) is 0. The second-order valence-corrected chi connectivity index (χ2v) is 8.61. The molecule has 0 bridgehead atoms. The first-order valence-electron chi connectivity index (χ1n) is 12.1. The van der Waals surface area contributed by atoms with Crippen molar-refractivity contribution < 1.29 is 9.59 Å². The summed E-state index contributed by atoms with van der Waals surface area (Å²) in [6, 6.07) is 0. The highest BCUT2D eigenvalue weighted by Gasteiger charge is 2.07. The molecule has 0 aliphatic heterocycles. The second-order valence-electron chi connectivity index (χ2n) is 8.61. The van der Waals surface area contributed by atoms with Crippen molar-refractivity contribution in [1.82, 2.24) is 0 Å². The van der Waals surface area contributed by atoms with Crippen molar-refractivity contribution in [2.24, 2.45) is 17.4 Å². The first-order chi connectivity index (χ1) is 13.6. The van der Waals surface area contributed by atoms with Gasteiger partial charge in [-0.25, -0.2) is 0 Å². The van der Waals surface area contributed by atoms with Crippen LogP contribution >= 0.6 is 0 Å². The standard InChI is InChI=1S/C24H48N2O2/c1-2-17-22(18-13-9-5-3-7-11-15-20-23(25)27)19-14-10-6-4-8-12-16-21-24(26)28/h22H,2-21H2,1H3,(H2,25,27)(H2,26,28). The molecule has 0 rings (SSSR count). The van der Waals surface area contributed by atoms with Crippen molar-refractivity contribution in [3.8, 4) is 0 Å². The van der Waals surface area contributed by atoms with Crippen LogP contribution in [0.2, 0.25) is 0 Å². The molecule has 4 nitrogen and oxygen atoms in total. The number of nitrogens with two attached hydrogens (primary N) is 2. The van der Waals surface area contributed by atoms with Crippen LogP contribution in [0.25, 0.3) is 0 Å². The van der Waals surface area contributed by atoms with Crippen LogP contribution < -0.4 is 11.5 Å². The van der Waals surface area contributed by atoms with E-state index < -0.39 is 0 Å². The van der Waals surface area contributed by atoms with Gasteiger partial charge in [0, 0.05) is 12.8 Å². The Hall–Kier alpha value is -1.06. The maximum atomic E-state index is 10.7. The summed E-state index contributed by atoms with van der Waals surface area (Å²) in [7, 11) is 0. The zero-order chi connectivity index (χ0) is 20.9. The minimum absolute atomic E-state index is 0.165. The molecule has 0 saturated carbocycles. The Balaban J connectivity index is 3.47. The molecular weight excluding hydrogens is 348 g/mol. The molecule has 0 aromatic carbocycles. The van der Waals surface area contributed by atoms with Gasteiger partial charge in [-0.1, -0.05) is 110 Å². The maximum absolute atomic E-state index is 10.7. The summed E-state index contributed by atoms with van der Waals surface area (Å²) in [6.45, 7) is 2.31. The van der Waals surface area contributed by atoms with Crippen molar-refractivity contribution in [2.45, 2.75) is 135 Å². The molecule has 0 saturated heterocycles. The van der Waals surface area contributed by atoms with Gasteiger partial charge in [-0.3, -0.25) is 9.59 Å². The first-order valence-corrected chi connectivity index (χ1v) is 12.1. The number of carbonyl (C=O) groups excluding carboxylic acids is 2. The van der Waals surface area contributed by atoms with E-state index in [0.717, 1.165) is 31.6 Å². The molecule has 0 radical (unpaired) electrons. The Morgan fingerprint density at radius 2 is 0.857 bits per heavy atom. The summed E-state index contributed by atoms with van der Waals surface area (Å²) in [6.07, 6.45) is 24.1. The lowest BCUT2D eigenvalue weighted by atomic mass is 9.90. The van der Waals surface area contributed by atoms with Crippen molar-refractivity contribution in [2.75, 3.05) is 0 Å². The number of rotatable bonds is 22. The number of unbranched alkanes of at least 4 members (excludes halogenated alkanes) is 12. The Labute approximate surface area is 174 Å². The minimum Gasteiger partial charge on any atom is -0.370 e. The number of primary amides is 2. The maximum Gasteiger partial charge on any atom is 0.217 e. The molecule has 4 heteroatoms. The molecule has 4 N–H and O–H groups in total. The fraction of sp³-hybridized carbons (Fsp3) is 0.917. The Kier molecular flexibility index (Phi) is 19.9. The molecule has 0 spiro atoms. The van der Waals surface area contributed by atoms with Crippen molar-refractivity contribution >= 4 is 11.8 Å². The molecule has 166 valence electrons. The van der Waals surface area contributed by atoms with Crippen LogP contribution in [0.1, 0.15) is 135 Å². The van der Waals surface area contributed by atoms with Crippen LogP contribution in [0.3, 0.4) is 0 Å². The van der Waals surface area contributed by atoms with Crippen LogP contribution in [0.15, 0.2) is 0 Å². The largest absolute Gasteiger partial charge is 0.370 e. The summed E-state index contributed by atoms with van der Waals surface area (Å²) < 4.78 is 0. The fourth-order valence-corrected chi connectivity index (χ4v) is 4.07. The van der Waals surface area contributed by atoms with E-state index in [1.807, 2.05) is 0 Å². The zero-order valence-electron chi connectivity index (χ0n) is 18.7. The molecule has 0 atom stereocenters. The third-order valence-electron chi connectivity index (χ3n) is 5.77. The summed E-state index contributed by atoms with van der Waals surface area (Å²) in [4.78, 5) is 21.4. The van der Waals surface area contributed by atoms with E-state index in [-0.39, 0.29) is 11.8 Å². The lowest BCUT2D eigenvalue weighted by Gasteiger charge is -2.16. The lowest BCUT2D eigenvalue weighted by Crippen LogP contribution is -2.09. The first kappa shape index (κ1) is 26.9. The predicted octanol–water partition coefficient (Wildman–Crippen LogP) is 6.40. The van der Waals surface area contributed by atoms with E-state index in [2.05, 4.69) is 6.92 Å². The third kappa shape index (κ3) is 21.2. The van der Waals surface area contributed by atoms with Crippen LogP contribution in [-0.4, -0.2) is 11.8 Å². The zero-order valence-corrected chi connectivity index (χ0v) is 18.7. The Bertz CT molecular complexity index is 340. The summed E-state index contributed by atoms with van der Waals surface area (Å²) >= 11 is 0. The van der Waals surface area contributed by atoms with E-state index in [1.54, 1.807) is 0 Å². The van der Waals surface area contributed by atoms with E-state index in [1.165, 1.54) is 89.9 Å². The van der Waals surface area contributed by atoms with Gasteiger partial charge < -0.3 is 11.5 Å². The van der Waals surface area contributed by atoms with Crippen LogP contribution in [0.5, 0.6) is 0 Å². The minimum atomic E-state index is -0.165. The Morgan fingerprint density at radius 3 is 1.18 bits per heavy atom. The van der Waals surface area contributed by atoms with Gasteiger partial charge in [0.05, 0.1) is 0 Å². The van der Waals surface area contributed by atoms with E-state index >= 15 is 0 Å². The van der Waals surface area contributed by atoms with E-state index in [0.29, 0.717) is 12.8 Å². The topological polar surface area (TPSA) is 86.2 Å². The SMILES string of the molecule is CCCC(CCCCCCCCCC(N)=O)CCCCCCCCCC(N)=O. The van der Waals surface area contributed by atoms with Crippen molar-refractivity contribution in [3.05, 3.63) is 0 Å². The van der Waals surface area contributed by atoms with Gasteiger partial charge in [0.25, 0.3) is 0 Å². The normalized spacial score (nSPS) is 11.2. The van der Waals surface area contributed by atoms with Gasteiger partial charge in [0.15, 0.2) is 0 Å². The molecular formula is C24H48N2O2. The van der Waals surface area contributed by atoms with E-state index in [4.69, 9.17) is 11.5 Å². The second kappa shape index (κ2) is 20.7. The molecule has 0 aliphatic rings. The molecule has 0 aromatic heterocycles. The highest BCUT2D eigenvalue weighted by atomic mass is 16.1. The molecule has 0 unspecified atom stereocenters. The number of carbonyl (C=O) groups is 2. The van der Waals surface area contributed by atoms with Crippen LogP contribution in [0.4, 0.5) is 0 Å². The van der Waals surface area contributed by atoms with Gasteiger partial charge in [0.1, 0.15) is 0 Å². The number of hydrogen-bond donors (Lipinski definition) is 2. The lowest BCUT2D eigenvalue weighted by molar-refractivity contribution is -0.119. The van der Waals surface area contributed by atoms with E-state index in [9.17, 15) is 9.59 Å². The highest BCUT2D eigenvalue weighted by molar-refractivity contribution is 5.73. The third-order valence-corrected chi connectivity index (χ3v) is 5.77. The number of amides is 2. The molecule has 2 amide bonds. The monoisotopic (exact) mass is 396 g/mol. The molecule has 0 fully saturated rings. The average Bonchev–Trinajstić information content (AvgIpc) is 2.64. The molecule has 0 aromatic rings. The number of hydrogen-bond acceptors (Lipinski definition) is 2. The van der Waals surface area contributed by atoms with Crippen LogP contribution in [0, 0.1) is 5.92 Å². The predicted molar refractivity (Wildman–Crippen MR) is 120 cm³/mol. The van der Waals surface area contributed by atoms with Crippen molar-refractivity contribution in [1.29, 1.82) is 0 Å².